The fourth-order valence-electron chi connectivity index (χ4n) is 2.32. The van der Waals surface area contributed by atoms with Gasteiger partial charge in [0.15, 0.2) is 11.6 Å². The van der Waals surface area contributed by atoms with Gasteiger partial charge in [-0.05, 0) is 36.2 Å². The summed E-state index contributed by atoms with van der Waals surface area (Å²) < 4.78 is 59.2. The maximum Gasteiger partial charge on any atom is 0.245 e. The number of nitrogens with zero attached hydrogens (tertiary/aromatic N) is 3. The highest BCUT2D eigenvalue weighted by Gasteiger charge is 2.29. The molecule has 7 nitrogen and oxygen atoms in total. The summed E-state index contributed by atoms with van der Waals surface area (Å²) in [6.07, 6.45) is 3.14. The number of rotatable bonds is 6. The summed E-state index contributed by atoms with van der Waals surface area (Å²) in [4.78, 5) is 7.79. The topological polar surface area (TPSA) is 98.0 Å². The van der Waals surface area contributed by atoms with Crippen LogP contribution >= 0.6 is 0 Å². The monoisotopic (exact) mass is 394 g/mol. The molecular weight excluding hydrogens is 378 g/mol. The molecule has 0 radical (unpaired) electrons. The van der Waals surface area contributed by atoms with Crippen LogP contribution in [0.3, 0.4) is 0 Å². The molecule has 10 heteroatoms. The minimum absolute atomic E-state index is 0.0509. The van der Waals surface area contributed by atoms with E-state index in [1.54, 1.807) is 38.4 Å². The van der Waals surface area contributed by atoms with Crippen LogP contribution in [-0.4, -0.2) is 23.5 Å². The maximum atomic E-state index is 13.4. The Morgan fingerprint density at radius 2 is 1.93 bits per heavy atom. The summed E-state index contributed by atoms with van der Waals surface area (Å²) in [5.74, 6) is -2.33. The number of benzene rings is 1. The first kappa shape index (κ1) is 19.1. The molecule has 0 saturated carbocycles. The average Bonchev–Trinajstić information content (AvgIpc) is 3.12. The Bertz CT molecular complexity index is 1040. The van der Waals surface area contributed by atoms with E-state index in [4.69, 9.17) is 4.52 Å². The van der Waals surface area contributed by atoms with E-state index in [9.17, 15) is 17.2 Å². The molecule has 0 bridgehead atoms. The van der Waals surface area contributed by atoms with E-state index in [2.05, 4.69) is 19.8 Å². The molecule has 1 atom stereocenters. The van der Waals surface area contributed by atoms with E-state index in [0.717, 1.165) is 12.1 Å². The minimum atomic E-state index is -4.14. The van der Waals surface area contributed by atoms with E-state index in [-0.39, 0.29) is 17.6 Å². The molecule has 1 unspecified atom stereocenters. The Morgan fingerprint density at radius 1 is 1.15 bits per heavy atom. The Balaban J connectivity index is 1.90. The number of sulfonamides is 1. The van der Waals surface area contributed by atoms with E-state index in [1.807, 2.05) is 0 Å². The molecule has 0 spiro atoms. The highest BCUT2D eigenvalue weighted by Crippen LogP contribution is 2.25. The van der Waals surface area contributed by atoms with Crippen molar-refractivity contribution in [2.45, 2.75) is 24.8 Å². The third-order valence-corrected chi connectivity index (χ3v) is 5.22. The predicted octanol–water partition coefficient (Wildman–Crippen LogP) is 3.09. The van der Waals surface area contributed by atoms with Crippen LogP contribution in [0.4, 0.5) is 8.78 Å². The third kappa shape index (κ3) is 4.17. The first-order valence-corrected chi connectivity index (χ1v) is 9.47. The van der Waals surface area contributed by atoms with E-state index in [1.165, 1.54) is 0 Å². The zero-order valence-electron chi connectivity index (χ0n) is 14.4. The fourth-order valence-corrected chi connectivity index (χ4v) is 3.67. The van der Waals surface area contributed by atoms with Crippen molar-refractivity contribution in [3.8, 4) is 11.4 Å². The summed E-state index contributed by atoms with van der Waals surface area (Å²) in [7, 11) is -4.14. The van der Waals surface area contributed by atoms with Crippen LogP contribution in [0.15, 0.2) is 52.1 Å². The third-order valence-electron chi connectivity index (χ3n) is 3.78. The molecule has 0 saturated heterocycles. The molecular formula is C17H16F2N4O3S. The Hall–Kier alpha value is -2.72. The summed E-state index contributed by atoms with van der Waals surface area (Å²) in [5.41, 5.74) is 0.610. The van der Waals surface area contributed by atoms with Gasteiger partial charge in [0, 0.05) is 18.0 Å². The van der Waals surface area contributed by atoms with Gasteiger partial charge >= 0.3 is 0 Å². The van der Waals surface area contributed by atoms with Gasteiger partial charge in [-0.3, -0.25) is 4.98 Å². The van der Waals surface area contributed by atoms with Crippen molar-refractivity contribution in [2.24, 2.45) is 5.92 Å². The lowest BCUT2D eigenvalue weighted by Gasteiger charge is -2.18. The number of hydrogen-bond acceptors (Lipinski definition) is 6. The molecule has 0 aliphatic rings. The molecule has 1 aromatic carbocycles. The van der Waals surface area contributed by atoms with Gasteiger partial charge in [-0.15, -0.1) is 0 Å². The molecule has 27 heavy (non-hydrogen) atoms. The second kappa shape index (κ2) is 7.49. The molecule has 2 aromatic heterocycles. The van der Waals surface area contributed by atoms with Crippen LogP contribution in [0.2, 0.25) is 0 Å². The van der Waals surface area contributed by atoms with Gasteiger partial charge in [0.1, 0.15) is 6.04 Å². The quantitative estimate of drug-likeness (QED) is 0.690. The van der Waals surface area contributed by atoms with Gasteiger partial charge in [0.05, 0.1) is 4.90 Å². The van der Waals surface area contributed by atoms with Crippen molar-refractivity contribution in [2.75, 3.05) is 0 Å². The molecule has 0 aliphatic heterocycles. The lowest BCUT2D eigenvalue weighted by molar-refractivity contribution is 0.311. The largest absolute Gasteiger partial charge is 0.337 e. The van der Waals surface area contributed by atoms with Gasteiger partial charge < -0.3 is 4.52 Å². The summed E-state index contributed by atoms with van der Waals surface area (Å²) in [6, 6.07) is 4.92. The molecule has 0 fully saturated rings. The SMILES string of the molecule is CC(C)C(NS(=O)(=O)c1ccc(F)c(F)c1)c1nc(-c2cccnc2)no1. The first-order valence-electron chi connectivity index (χ1n) is 7.99. The maximum absolute atomic E-state index is 13.4. The van der Waals surface area contributed by atoms with Crippen LogP contribution in [0.5, 0.6) is 0 Å². The van der Waals surface area contributed by atoms with Gasteiger partial charge in [-0.2, -0.15) is 9.71 Å². The van der Waals surface area contributed by atoms with Crippen molar-refractivity contribution in [3.05, 3.63) is 60.3 Å². The standard InChI is InChI=1S/C17H16F2N4O3S/c1-10(2)15(17-21-16(22-26-17)11-4-3-7-20-9-11)23-27(24,25)12-5-6-13(18)14(19)8-12/h3-10,15,23H,1-2H3. The lowest BCUT2D eigenvalue weighted by Crippen LogP contribution is -2.32. The lowest BCUT2D eigenvalue weighted by atomic mass is 10.1. The summed E-state index contributed by atoms with van der Waals surface area (Å²) >= 11 is 0. The molecule has 3 rings (SSSR count). The first-order chi connectivity index (χ1) is 12.8. The smallest absolute Gasteiger partial charge is 0.245 e. The molecule has 1 N–H and O–H groups in total. The summed E-state index contributed by atoms with van der Waals surface area (Å²) in [5, 5.41) is 3.85. The average molecular weight is 394 g/mol. The van der Waals surface area contributed by atoms with E-state index >= 15 is 0 Å². The van der Waals surface area contributed by atoms with Gasteiger partial charge in [-0.25, -0.2) is 17.2 Å². The van der Waals surface area contributed by atoms with Gasteiger partial charge in [-0.1, -0.05) is 19.0 Å². The highest BCUT2D eigenvalue weighted by molar-refractivity contribution is 7.89. The Labute approximate surface area is 154 Å². The molecule has 0 amide bonds. The zero-order chi connectivity index (χ0) is 19.6. The van der Waals surface area contributed by atoms with Crippen LogP contribution in [0.1, 0.15) is 25.8 Å². The molecule has 0 aliphatic carbocycles. The van der Waals surface area contributed by atoms with Crippen molar-refractivity contribution in [1.29, 1.82) is 0 Å². The zero-order valence-corrected chi connectivity index (χ0v) is 15.2. The number of hydrogen-bond donors (Lipinski definition) is 1. The van der Waals surface area contributed by atoms with Crippen molar-refractivity contribution < 1.29 is 21.7 Å². The highest BCUT2D eigenvalue weighted by atomic mass is 32.2. The summed E-state index contributed by atoms with van der Waals surface area (Å²) in [6.45, 7) is 3.51. The van der Waals surface area contributed by atoms with Crippen molar-refractivity contribution >= 4 is 10.0 Å². The number of pyridine rings is 1. The van der Waals surface area contributed by atoms with Crippen LogP contribution < -0.4 is 4.72 Å². The van der Waals surface area contributed by atoms with E-state index in [0.29, 0.717) is 11.6 Å². The second-order valence-corrected chi connectivity index (χ2v) is 7.83. The number of halogens is 2. The molecule has 142 valence electrons. The minimum Gasteiger partial charge on any atom is -0.337 e. The molecule has 3 aromatic rings. The second-order valence-electron chi connectivity index (χ2n) is 6.12. The normalized spacial score (nSPS) is 13.1. The van der Waals surface area contributed by atoms with Gasteiger partial charge in [0.2, 0.25) is 21.7 Å². The van der Waals surface area contributed by atoms with Crippen LogP contribution in [0, 0.1) is 17.6 Å². The van der Waals surface area contributed by atoms with Crippen LogP contribution in [0.25, 0.3) is 11.4 Å². The molecule has 2 heterocycles. The van der Waals surface area contributed by atoms with Gasteiger partial charge in [0.25, 0.3) is 0 Å². The Morgan fingerprint density at radius 3 is 2.56 bits per heavy atom. The predicted molar refractivity (Wildman–Crippen MR) is 91.8 cm³/mol. The number of aromatic nitrogens is 3. The fraction of sp³-hybridized carbons (Fsp3) is 0.235. The van der Waals surface area contributed by atoms with E-state index < -0.39 is 32.6 Å². The van der Waals surface area contributed by atoms with Crippen LogP contribution in [-0.2, 0) is 10.0 Å². The number of nitrogens with one attached hydrogen (secondary N) is 1. The van der Waals surface area contributed by atoms with Crippen molar-refractivity contribution in [1.82, 2.24) is 19.8 Å². The van der Waals surface area contributed by atoms with Crippen molar-refractivity contribution in [3.63, 3.8) is 0 Å². The Kier molecular flexibility index (Phi) is 5.29.